The van der Waals surface area contributed by atoms with Gasteiger partial charge in [0.1, 0.15) is 6.04 Å². The molecule has 1 amide bonds. The largest absolute Gasteiger partial charge is 0.480 e. The van der Waals surface area contributed by atoms with Crippen LogP contribution >= 0.6 is 22.6 Å². The van der Waals surface area contributed by atoms with Crippen LogP contribution in [0.1, 0.15) is 22.8 Å². The molecule has 0 saturated carbocycles. The van der Waals surface area contributed by atoms with Crippen molar-refractivity contribution >= 4 is 34.5 Å². The first-order chi connectivity index (χ1) is 7.41. The van der Waals surface area contributed by atoms with Gasteiger partial charge in [-0.3, -0.25) is 9.59 Å². The highest BCUT2D eigenvalue weighted by Gasteiger charge is 2.16. The Balaban J connectivity index is 2.88. The van der Waals surface area contributed by atoms with E-state index in [2.05, 4.69) is 5.32 Å². The average molecular weight is 333 g/mol. The fraction of sp³-hybridized carbons (Fsp3) is 0.273. The first-order valence-corrected chi connectivity index (χ1v) is 5.79. The normalized spacial score (nSPS) is 11.9. The smallest absolute Gasteiger partial charge is 0.325 e. The summed E-state index contributed by atoms with van der Waals surface area (Å²) < 4.78 is 0.804. The molecule has 0 bridgehead atoms. The van der Waals surface area contributed by atoms with Crippen LogP contribution in [0.2, 0.25) is 0 Å². The van der Waals surface area contributed by atoms with Crippen molar-refractivity contribution < 1.29 is 14.7 Å². The Kier molecular flexibility index (Phi) is 4.28. The Hall–Kier alpha value is -1.11. The second-order valence-electron chi connectivity index (χ2n) is 3.52. The number of carbonyl (C=O) groups excluding carboxylic acids is 1. The van der Waals surface area contributed by atoms with Crippen molar-refractivity contribution in [3.8, 4) is 0 Å². The monoisotopic (exact) mass is 333 g/mol. The molecule has 1 atom stereocenters. The second-order valence-corrected chi connectivity index (χ2v) is 4.68. The summed E-state index contributed by atoms with van der Waals surface area (Å²) in [4.78, 5) is 22.4. The molecule has 0 spiro atoms. The van der Waals surface area contributed by atoms with E-state index in [4.69, 9.17) is 5.11 Å². The van der Waals surface area contributed by atoms with Gasteiger partial charge in [0.05, 0.1) is 5.56 Å². The Morgan fingerprint density at radius 1 is 1.44 bits per heavy atom. The van der Waals surface area contributed by atoms with Gasteiger partial charge in [-0.2, -0.15) is 0 Å². The number of hydrogen-bond acceptors (Lipinski definition) is 2. The van der Waals surface area contributed by atoms with Gasteiger partial charge in [0, 0.05) is 3.57 Å². The van der Waals surface area contributed by atoms with Crippen LogP contribution in [0.3, 0.4) is 0 Å². The molecule has 0 aliphatic heterocycles. The summed E-state index contributed by atoms with van der Waals surface area (Å²) in [6, 6.07) is 4.59. The number of aryl methyl sites for hydroxylation is 1. The van der Waals surface area contributed by atoms with Gasteiger partial charge in [0.2, 0.25) is 0 Å². The molecule has 5 heteroatoms. The summed E-state index contributed by atoms with van der Waals surface area (Å²) in [5.74, 6) is -1.40. The fourth-order valence-electron chi connectivity index (χ4n) is 1.15. The van der Waals surface area contributed by atoms with E-state index in [1.54, 1.807) is 6.07 Å². The maximum atomic E-state index is 11.8. The van der Waals surface area contributed by atoms with E-state index < -0.39 is 12.0 Å². The molecule has 0 saturated heterocycles. The third-order valence-corrected chi connectivity index (χ3v) is 3.03. The molecule has 0 aliphatic carbocycles. The van der Waals surface area contributed by atoms with E-state index in [0.717, 1.165) is 9.13 Å². The van der Waals surface area contributed by atoms with Crippen LogP contribution in [0, 0.1) is 10.5 Å². The number of nitrogens with one attached hydrogen (secondary N) is 1. The Morgan fingerprint density at radius 2 is 2.06 bits per heavy atom. The minimum absolute atomic E-state index is 0.358. The first kappa shape index (κ1) is 13.0. The van der Waals surface area contributed by atoms with Crippen LogP contribution in [0.15, 0.2) is 18.2 Å². The lowest BCUT2D eigenvalue weighted by molar-refractivity contribution is -0.138. The van der Waals surface area contributed by atoms with Gasteiger partial charge < -0.3 is 10.4 Å². The summed E-state index contributed by atoms with van der Waals surface area (Å²) in [7, 11) is 0. The average Bonchev–Trinajstić information content (AvgIpc) is 2.21. The van der Waals surface area contributed by atoms with Crippen molar-refractivity contribution in [3.05, 3.63) is 32.9 Å². The summed E-state index contributed by atoms with van der Waals surface area (Å²) in [6.45, 7) is 3.32. The van der Waals surface area contributed by atoms with Gasteiger partial charge >= 0.3 is 5.97 Å². The summed E-state index contributed by atoms with van der Waals surface area (Å²) >= 11 is 2.05. The maximum absolute atomic E-state index is 11.8. The molecular formula is C11H12INO3. The predicted octanol–water partition coefficient (Wildman–Crippen LogP) is 1.80. The van der Waals surface area contributed by atoms with Crippen molar-refractivity contribution in [2.24, 2.45) is 0 Å². The summed E-state index contributed by atoms with van der Waals surface area (Å²) in [6.07, 6.45) is 0. The first-order valence-electron chi connectivity index (χ1n) is 4.71. The zero-order valence-electron chi connectivity index (χ0n) is 8.95. The molecule has 1 rings (SSSR count). The van der Waals surface area contributed by atoms with Crippen LogP contribution in [0.25, 0.3) is 0 Å². The highest BCUT2D eigenvalue weighted by molar-refractivity contribution is 14.1. The number of aliphatic carboxylic acids is 1. The SMILES string of the molecule is Cc1ccc(I)c(C(=O)NC(C)C(=O)O)c1. The van der Waals surface area contributed by atoms with Crippen LogP contribution in [-0.4, -0.2) is 23.0 Å². The van der Waals surface area contributed by atoms with E-state index in [9.17, 15) is 9.59 Å². The van der Waals surface area contributed by atoms with Crippen LogP contribution in [0.5, 0.6) is 0 Å². The molecule has 0 radical (unpaired) electrons. The number of benzene rings is 1. The topological polar surface area (TPSA) is 66.4 Å². The molecule has 1 aromatic rings. The number of carbonyl (C=O) groups is 2. The second kappa shape index (κ2) is 5.29. The fourth-order valence-corrected chi connectivity index (χ4v) is 1.73. The van der Waals surface area contributed by atoms with Crippen molar-refractivity contribution in [2.45, 2.75) is 19.9 Å². The Labute approximate surface area is 107 Å². The van der Waals surface area contributed by atoms with E-state index in [0.29, 0.717) is 5.56 Å². The predicted molar refractivity (Wildman–Crippen MR) is 68.5 cm³/mol. The number of rotatable bonds is 3. The highest BCUT2D eigenvalue weighted by Crippen LogP contribution is 2.14. The molecule has 0 aromatic heterocycles. The van der Waals surface area contributed by atoms with Crippen LogP contribution in [-0.2, 0) is 4.79 Å². The third-order valence-electron chi connectivity index (χ3n) is 2.08. The number of halogens is 1. The number of hydrogen-bond donors (Lipinski definition) is 2. The van der Waals surface area contributed by atoms with E-state index >= 15 is 0 Å². The lowest BCUT2D eigenvalue weighted by Crippen LogP contribution is -2.38. The van der Waals surface area contributed by atoms with Gasteiger partial charge in [0.15, 0.2) is 0 Å². The standard InChI is InChI=1S/C11H12INO3/c1-6-3-4-9(12)8(5-6)10(14)13-7(2)11(15)16/h3-5,7H,1-2H3,(H,13,14)(H,15,16). The number of carboxylic acids is 1. The Bertz CT molecular complexity index is 431. The van der Waals surface area contributed by atoms with Gasteiger partial charge in [-0.05, 0) is 48.6 Å². The molecule has 0 heterocycles. The lowest BCUT2D eigenvalue weighted by atomic mass is 10.1. The van der Waals surface area contributed by atoms with Crippen molar-refractivity contribution in [2.75, 3.05) is 0 Å². The van der Waals surface area contributed by atoms with Gasteiger partial charge in [-0.15, -0.1) is 0 Å². The molecule has 0 fully saturated rings. The molecule has 86 valence electrons. The molecular weight excluding hydrogens is 321 g/mol. The van der Waals surface area contributed by atoms with Crippen molar-refractivity contribution in [1.82, 2.24) is 5.32 Å². The Morgan fingerprint density at radius 3 is 2.62 bits per heavy atom. The van der Waals surface area contributed by atoms with Gasteiger partial charge in [0.25, 0.3) is 5.91 Å². The highest BCUT2D eigenvalue weighted by atomic mass is 127. The van der Waals surface area contributed by atoms with Crippen molar-refractivity contribution in [3.63, 3.8) is 0 Å². The minimum Gasteiger partial charge on any atom is -0.480 e. The maximum Gasteiger partial charge on any atom is 0.325 e. The quantitative estimate of drug-likeness (QED) is 0.829. The molecule has 0 aliphatic rings. The zero-order chi connectivity index (χ0) is 12.3. The van der Waals surface area contributed by atoms with Crippen LogP contribution in [0.4, 0.5) is 0 Å². The van der Waals surface area contributed by atoms with E-state index in [-0.39, 0.29) is 5.91 Å². The van der Waals surface area contributed by atoms with Gasteiger partial charge in [-0.1, -0.05) is 11.6 Å². The van der Waals surface area contributed by atoms with Crippen LogP contribution < -0.4 is 5.32 Å². The molecule has 2 N–H and O–H groups in total. The van der Waals surface area contributed by atoms with Crippen molar-refractivity contribution in [1.29, 1.82) is 0 Å². The number of carboxylic acid groups (broad SMARTS) is 1. The summed E-state index contributed by atoms with van der Waals surface area (Å²) in [5.41, 5.74) is 1.47. The number of amides is 1. The molecule has 1 aromatic carbocycles. The summed E-state index contributed by atoms with van der Waals surface area (Å²) in [5, 5.41) is 11.1. The molecule has 4 nitrogen and oxygen atoms in total. The zero-order valence-corrected chi connectivity index (χ0v) is 11.1. The van der Waals surface area contributed by atoms with Gasteiger partial charge in [-0.25, -0.2) is 0 Å². The third kappa shape index (κ3) is 3.19. The lowest BCUT2D eigenvalue weighted by Gasteiger charge is -2.10. The van der Waals surface area contributed by atoms with E-state index in [1.807, 2.05) is 41.6 Å². The van der Waals surface area contributed by atoms with E-state index in [1.165, 1.54) is 6.92 Å². The molecule has 16 heavy (non-hydrogen) atoms. The molecule has 1 unspecified atom stereocenters. The minimum atomic E-state index is -1.05.